The van der Waals surface area contributed by atoms with Gasteiger partial charge in [-0.25, -0.2) is 0 Å². The summed E-state index contributed by atoms with van der Waals surface area (Å²) in [5, 5.41) is 2.46. The van der Waals surface area contributed by atoms with Crippen molar-refractivity contribution >= 4 is 27.8 Å². The van der Waals surface area contributed by atoms with Crippen molar-refractivity contribution in [1.82, 2.24) is 0 Å². The summed E-state index contributed by atoms with van der Waals surface area (Å²) in [6.45, 7) is 4.70. The van der Waals surface area contributed by atoms with Crippen LogP contribution in [0.15, 0.2) is 188 Å². The Labute approximate surface area is 294 Å². The lowest BCUT2D eigenvalue weighted by Gasteiger charge is -2.31. The lowest BCUT2D eigenvalue weighted by atomic mass is 9.82. The first-order valence-electron chi connectivity index (χ1n) is 17.5. The summed E-state index contributed by atoms with van der Waals surface area (Å²) in [5.74, 6) is 0. The van der Waals surface area contributed by atoms with Crippen LogP contribution in [0.1, 0.15) is 25.0 Å². The normalized spacial score (nSPS) is 12.8. The van der Waals surface area contributed by atoms with Gasteiger partial charge in [-0.2, -0.15) is 0 Å². The van der Waals surface area contributed by atoms with Crippen LogP contribution in [0.3, 0.4) is 0 Å². The van der Waals surface area contributed by atoms with E-state index in [0.717, 1.165) is 17.1 Å². The Balaban J connectivity index is 1.27. The Morgan fingerprint density at radius 3 is 1.72 bits per heavy atom. The van der Waals surface area contributed by atoms with Crippen LogP contribution in [0.25, 0.3) is 55.3 Å². The largest absolute Gasteiger partial charge is 0.309 e. The highest BCUT2D eigenvalue weighted by atomic mass is 15.1. The molecule has 0 unspecified atom stereocenters. The van der Waals surface area contributed by atoms with Gasteiger partial charge in [0.2, 0.25) is 0 Å². The standard InChI is InChI=1S/C49H37N/c1-49(2)43-25-13-11-23-42(43)48-41(24-15-26-44(48)49)36-28-31-38(32-29-36)50(45-27-14-12-21-39(45)34-16-5-3-6-17-34)46-33-30-35-18-9-10-22-40(35)47(46)37-19-7-4-8-20-37/h3-33H,1-2H3. The van der Waals surface area contributed by atoms with Crippen molar-refractivity contribution in [1.29, 1.82) is 0 Å². The molecule has 0 heterocycles. The number of anilines is 3. The van der Waals surface area contributed by atoms with E-state index in [0.29, 0.717) is 0 Å². The molecular weight excluding hydrogens is 603 g/mol. The summed E-state index contributed by atoms with van der Waals surface area (Å²) < 4.78 is 0. The maximum absolute atomic E-state index is 2.45. The van der Waals surface area contributed by atoms with Crippen molar-refractivity contribution in [3.8, 4) is 44.5 Å². The molecule has 50 heavy (non-hydrogen) atoms. The van der Waals surface area contributed by atoms with Gasteiger partial charge >= 0.3 is 0 Å². The van der Waals surface area contributed by atoms with Crippen LogP contribution in [-0.4, -0.2) is 0 Å². The molecule has 8 aromatic rings. The third kappa shape index (κ3) is 4.85. The molecule has 0 spiro atoms. The van der Waals surface area contributed by atoms with Crippen LogP contribution in [0.4, 0.5) is 17.1 Å². The quantitative estimate of drug-likeness (QED) is 0.175. The lowest BCUT2D eigenvalue weighted by Crippen LogP contribution is -2.14. The number of fused-ring (bicyclic) bond motifs is 4. The molecular formula is C49H37N. The van der Waals surface area contributed by atoms with Gasteiger partial charge in [0.1, 0.15) is 0 Å². The summed E-state index contributed by atoms with van der Waals surface area (Å²) >= 11 is 0. The first kappa shape index (κ1) is 29.9. The first-order chi connectivity index (χ1) is 24.6. The van der Waals surface area contributed by atoms with E-state index < -0.39 is 0 Å². The topological polar surface area (TPSA) is 3.24 Å². The second-order valence-corrected chi connectivity index (χ2v) is 13.7. The van der Waals surface area contributed by atoms with Crippen molar-refractivity contribution in [3.05, 3.63) is 199 Å². The van der Waals surface area contributed by atoms with Crippen LogP contribution in [0.5, 0.6) is 0 Å². The lowest BCUT2D eigenvalue weighted by molar-refractivity contribution is 0.660. The van der Waals surface area contributed by atoms with Crippen LogP contribution in [0.2, 0.25) is 0 Å². The molecule has 0 N–H and O–H groups in total. The van der Waals surface area contributed by atoms with Gasteiger partial charge in [0.05, 0.1) is 11.4 Å². The van der Waals surface area contributed by atoms with Gasteiger partial charge in [0.25, 0.3) is 0 Å². The SMILES string of the molecule is CC1(C)c2ccccc2-c2c(-c3ccc(N(c4ccccc4-c4ccccc4)c4ccc5ccccc5c4-c4ccccc4)cc3)cccc21. The van der Waals surface area contributed by atoms with Crippen LogP contribution < -0.4 is 4.90 Å². The summed E-state index contributed by atoms with van der Waals surface area (Å²) in [5.41, 5.74) is 16.1. The second kappa shape index (κ2) is 12.1. The molecule has 1 aliphatic rings. The number of nitrogens with zero attached hydrogens (tertiary/aromatic N) is 1. The Bertz CT molecular complexity index is 2490. The van der Waals surface area contributed by atoms with Crippen LogP contribution in [-0.2, 0) is 5.41 Å². The zero-order valence-corrected chi connectivity index (χ0v) is 28.3. The third-order valence-corrected chi connectivity index (χ3v) is 10.5. The van der Waals surface area contributed by atoms with E-state index in [9.17, 15) is 0 Å². The van der Waals surface area contributed by atoms with Gasteiger partial charge in [0, 0.05) is 22.2 Å². The molecule has 0 fully saturated rings. The molecule has 0 amide bonds. The number of benzene rings is 8. The van der Waals surface area contributed by atoms with Crippen molar-refractivity contribution in [3.63, 3.8) is 0 Å². The Morgan fingerprint density at radius 2 is 0.940 bits per heavy atom. The third-order valence-electron chi connectivity index (χ3n) is 10.5. The van der Waals surface area contributed by atoms with Crippen molar-refractivity contribution < 1.29 is 0 Å². The number of rotatable bonds is 6. The molecule has 9 rings (SSSR count). The van der Waals surface area contributed by atoms with E-state index in [1.807, 2.05) is 0 Å². The molecule has 238 valence electrons. The molecule has 1 nitrogen and oxygen atoms in total. The van der Waals surface area contributed by atoms with Gasteiger partial charge in [-0.1, -0.05) is 178 Å². The molecule has 0 saturated carbocycles. The van der Waals surface area contributed by atoms with E-state index in [-0.39, 0.29) is 5.41 Å². The molecule has 0 aliphatic heterocycles. The molecule has 0 atom stereocenters. The molecule has 0 bridgehead atoms. The zero-order chi connectivity index (χ0) is 33.7. The average Bonchev–Trinajstić information content (AvgIpc) is 3.42. The van der Waals surface area contributed by atoms with E-state index in [2.05, 4.69) is 207 Å². The van der Waals surface area contributed by atoms with E-state index in [1.165, 1.54) is 66.4 Å². The van der Waals surface area contributed by atoms with Gasteiger partial charge in [-0.3, -0.25) is 0 Å². The fourth-order valence-electron chi connectivity index (χ4n) is 8.08. The van der Waals surface area contributed by atoms with Crippen molar-refractivity contribution in [2.24, 2.45) is 0 Å². The second-order valence-electron chi connectivity index (χ2n) is 13.7. The molecule has 0 aromatic heterocycles. The van der Waals surface area contributed by atoms with E-state index in [1.54, 1.807) is 0 Å². The predicted molar refractivity (Wildman–Crippen MR) is 213 cm³/mol. The molecule has 1 heteroatoms. The highest BCUT2D eigenvalue weighted by Crippen LogP contribution is 2.52. The first-order valence-corrected chi connectivity index (χ1v) is 17.5. The van der Waals surface area contributed by atoms with E-state index >= 15 is 0 Å². The summed E-state index contributed by atoms with van der Waals surface area (Å²) in [4.78, 5) is 2.45. The monoisotopic (exact) mass is 639 g/mol. The van der Waals surface area contributed by atoms with Crippen LogP contribution >= 0.6 is 0 Å². The maximum Gasteiger partial charge on any atom is 0.0546 e. The predicted octanol–water partition coefficient (Wildman–Crippen LogP) is 13.6. The van der Waals surface area contributed by atoms with E-state index in [4.69, 9.17) is 0 Å². The fraction of sp³-hybridized carbons (Fsp3) is 0.0612. The maximum atomic E-state index is 2.45. The zero-order valence-electron chi connectivity index (χ0n) is 28.3. The average molecular weight is 640 g/mol. The minimum atomic E-state index is -0.0379. The van der Waals surface area contributed by atoms with Crippen molar-refractivity contribution in [2.45, 2.75) is 19.3 Å². The van der Waals surface area contributed by atoms with Gasteiger partial charge in [-0.15, -0.1) is 0 Å². The Hall–Kier alpha value is -6.18. The molecule has 0 saturated heterocycles. The molecule has 8 aromatic carbocycles. The number of para-hydroxylation sites is 1. The summed E-state index contributed by atoms with van der Waals surface area (Å²) in [6, 6.07) is 68.5. The highest BCUT2D eigenvalue weighted by molar-refractivity contribution is 6.06. The highest BCUT2D eigenvalue weighted by Gasteiger charge is 2.36. The number of hydrogen-bond acceptors (Lipinski definition) is 1. The van der Waals surface area contributed by atoms with Gasteiger partial charge in [-0.05, 0) is 79.5 Å². The minimum absolute atomic E-state index is 0.0379. The molecule has 0 radical (unpaired) electrons. The summed E-state index contributed by atoms with van der Waals surface area (Å²) in [7, 11) is 0. The number of hydrogen-bond donors (Lipinski definition) is 0. The van der Waals surface area contributed by atoms with Gasteiger partial charge in [0.15, 0.2) is 0 Å². The van der Waals surface area contributed by atoms with Gasteiger partial charge < -0.3 is 4.90 Å². The Kier molecular flexibility index (Phi) is 7.21. The molecule has 1 aliphatic carbocycles. The fourth-order valence-corrected chi connectivity index (χ4v) is 8.08. The smallest absolute Gasteiger partial charge is 0.0546 e. The Morgan fingerprint density at radius 1 is 0.360 bits per heavy atom. The van der Waals surface area contributed by atoms with Crippen LogP contribution in [0, 0.1) is 0 Å². The summed E-state index contributed by atoms with van der Waals surface area (Å²) in [6.07, 6.45) is 0. The van der Waals surface area contributed by atoms with Crippen molar-refractivity contribution in [2.75, 3.05) is 4.90 Å². The minimum Gasteiger partial charge on any atom is -0.309 e.